The van der Waals surface area contributed by atoms with Gasteiger partial charge in [-0.3, -0.25) is 0 Å². The summed E-state index contributed by atoms with van der Waals surface area (Å²) in [5.74, 6) is 1.53. The number of rotatable bonds is 3. The molecule has 1 heterocycles. The number of fused-ring (bicyclic) bond motifs is 1. The van der Waals surface area contributed by atoms with Crippen molar-refractivity contribution in [2.24, 2.45) is 0 Å². The van der Waals surface area contributed by atoms with Gasteiger partial charge in [0, 0.05) is 12.0 Å². The molecule has 2 aromatic carbocycles. The molecule has 2 nitrogen and oxygen atoms in total. The van der Waals surface area contributed by atoms with E-state index < -0.39 is 6.10 Å². The van der Waals surface area contributed by atoms with Crippen molar-refractivity contribution < 1.29 is 9.84 Å². The molecule has 0 amide bonds. The number of hydrogen-bond acceptors (Lipinski definition) is 2. The Morgan fingerprint density at radius 1 is 1.00 bits per heavy atom. The van der Waals surface area contributed by atoms with Crippen molar-refractivity contribution in [3.8, 4) is 5.75 Å². The van der Waals surface area contributed by atoms with E-state index in [1.165, 1.54) is 24.0 Å². The summed E-state index contributed by atoms with van der Waals surface area (Å²) >= 11 is 0. The molecule has 1 N–H and O–H groups in total. The topological polar surface area (TPSA) is 29.5 Å². The number of para-hydroxylation sites is 1. The number of aliphatic hydroxyl groups excluding tert-OH is 1. The average Bonchev–Trinajstić information content (AvgIpc) is 3.23. The van der Waals surface area contributed by atoms with Crippen LogP contribution in [-0.2, 0) is 6.42 Å². The Bertz CT molecular complexity index is 644. The van der Waals surface area contributed by atoms with Gasteiger partial charge in [-0.1, -0.05) is 42.5 Å². The smallest absolute Gasteiger partial charge is 0.128 e. The van der Waals surface area contributed by atoms with E-state index >= 15 is 0 Å². The highest BCUT2D eigenvalue weighted by molar-refractivity contribution is 5.49. The van der Waals surface area contributed by atoms with Gasteiger partial charge in [0.1, 0.15) is 11.9 Å². The fourth-order valence-electron chi connectivity index (χ4n) is 3.15. The van der Waals surface area contributed by atoms with Gasteiger partial charge in [0.2, 0.25) is 0 Å². The third-order valence-electron chi connectivity index (χ3n) is 4.35. The molecule has 1 aliphatic carbocycles. The van der Waals surface area contributed by atoms with E-state index in [4.69, 9.17) is 4.74 Å². The lowest BCUT2D eigenvalue weighted by atomic mass is 9.93. The van der Waals surface area contributed by atoms with Crippen LogP contribution < -0.4 is 4.74 Å². The Hall–Kier alpha value is -1.80. The molecule has 102 valence electrons. The number of ether oxygens (including phenoxy) is 1. The third kappa shape index (κ3) is 1.92. The molecule has 2 heteroatoms. The van der Waals surface area contributed by atoms with Gasteiger partial charge < -0.3 is 9.84 Å². The second-order valence-corrected chi connectivity index (χ2v) is 5.74. The predicted octanol–water partition coefficient (Wildman–Crippen LogP) is 3.58. The van der Waals surface area contributed by atoms with Crippen molar-refractivity contribution in [3.63, 3.8) is 0 Å². The monoisotopic (exact) mass is 266 g/mol. The first-order valence-electron chi connectivity index (χ1n) is 7.36. The van der Waals surface area contributed by atoms with E-state index in [9.17, 15) is 5.11 Å². The van der Waals surface area contributed by atoms with Gasteiger partial charge in [-0.25, -0.2) is 0 Å². The fraction of sp³-hybridized carbons (Fsp3) is 0.333. The molecule has 1 aliphatic heterocycles. The summed E-state index contributed by atoms with van der Waals surface area (Å²) in [5.41, 5.74) is 4.47. The Kier molecular flexibility index (Phi) is 2.78. The molecule has 0 saturated heterocycles. The summed E-state index contributed by atoms with van der Waals surface area (Å²) in [6.07, 6.45) is 2.85. The highest BCUT2D eigenvalue weighted by atomic mass is 16.5. The second-order valence-electron chi connectivity index (χ2n) is 5.74. The van der Waals surface area contributed by atoms with Crippen molar-refractivity contribution in [3.05, 3.63) is 64.7 Å². The minimum Gasteiger partial charge on any atom is -0.493 e. The van der Waals surface area contributed by atoms with E-state index in [0.717, 1.165) is 29.9 Å². The van der Waals surface area contributed by atoms with Crippen LogP contribution in [0.15, 0.2) is 42.5 Å². The molecule has 1 fully saturated rings. The van der Waals surface area contributed by atoms with E-state index in [1.807, 2.05) is 24.3 Å². The molecule has 1 atom stereocenters. The van der Waals surface area contributed by atoms with Crippen LogP contribution in [0.5, 0.6) is 5.75 Å². The summed E-state index contributed by atoms with van der Waals surface area (Å²) in [5, 5.41) is 10.8. The van der Waals surface area contributed by atoms with Crippen LogP contribution in [0.25, 0.3) is 0 Å². The standard InChI is InChI=1S/C18H18O2/c19-17(15-6-2-1-5-14(15)12-8-9-12)16-7-3-4-13-10-11-20-18(13)16/h1-7,12,17,19H,8-11H2. The lowest BCUT2D eigenvalue weighted by molar-refractivity contribution is 0.212. The number of aliphatic hydroxyl groups is 1. The number of hydrogen-bond donors (Lipinski definition) is 1. The fourth-order valence-corrected chi connectivity index (χ4v) is 3.15. The summed E-state index contributed by atoms with van der Waals surface area (Å²) in [6, 6.07) is 14.4. The molecule has 2 aromatic rings. The Labute approximate surface area is 119 Å². The Balaban J connectivity index is 1.78. The van der Waals surface area contributed by atoms with Crippen molar-refractivity contribution in [2.45, 2.75) is 31.3 Å². The molecule has 0 aromatic heterocycles. The van der Waals surface area contributed by atoms with E-state index in [2.05, 4.69) is 18.2 Å². The molecule has 2 aliphatic rings. The average molecular weight is 266 g/mol. The normalized spacial score (nSPS) is 18.4. The van der Waals surface area contributed by atoms with Crippen LogP contribution in [0.4, 0.5) is 0 Å². The molecule has 0 spiro atoms. The quantitative estimate of drug-likeness (QED) is 0.920. The van der Waals surface area contributed by atoms with Crippen molar-refractivity contribution in [1.29, 1.82) is 0 Å². The van der Waals surface area contributed by atoms with Crippen LogP contribution in [0.2, 0.25) is 0 Å². The van der Waals surface area contributed by atoms with Crippen LogP contribution >= 0.6 is 0 Å². The largest absolute Gasteiger partial charge is 0.493 e. The van der Waals surface area contributed by atoms with Gasteiger partial charge in [-0.15, -0.1) is 0 Å². The van der Waals surface area contributed by atoms with E-state index in [1.54, 1.807) is 0 Å². The lowest BCUT2D eigenvalue weighted by Crippen LogP contribution is -2.05. The zero-order chi connectivity index (χ0) is 13.5. The van der Waals surface area contributed by atoms with Gasteiger partial charge in [0.05, 0.1) is 6.61 Å². The van der Waals surface area contributed by atoms with Crippen molar-refractivity contribution in [2.75, 3.05) is 6.61 Å². The van der Waals surface area contributed by atoms with Crippen molar-refractivity contribution in [1.82, 2.24) is 0 Å². The first-order chi connectivity index (χ1) is 9.84. The third-order valence-corrected chi connectivity index (χ3v) is 4.35. The summed E-state index contributed by atoms with van der Waals surface area (Å²) in [6.45, 7) is 0.726. The SMILES string of the molecule is OC(c1ccccc1C1CC1)c1cccc2c1OCC2. The maximum Gasteiger partial charge on any atom is 0.128 e. The van der Waals surface area contributed by atoms with Gasteiger partial charge in [-0.2, -0.15) is 0 Å². The zero-order valence-electron chi connectivity index (χ0n) is 11.4. The van der Waals surface area contributed by atoms with Crippen LogP contribution in [0.1, 0.15) is 47.1 Å². The minimum atomic E-state index is -0.583. The maximum absolute atomic E-state index is 10.8. The van der Waals surface area contributed by atoms with Crippen molar-refractivity contribution >= 4 is 0 Å². The maximum atomic E-state index is 10.8. The summed E-state index contributed by atoms with van der Waals surface area (Å²) in [4.78, 5) is 0. The lowest BCUT2D eigenvalue weighted by Gasteiger charge is -2.18. The van der Waals surface area contributed by atoms with Crippen LogP contribution in [0.3, 0.4) is 0 Å². The molecule has 1 saturated carbocycles. The summed E-state index contributed by atoms with van der Waals surface area (Å²) in [7, 11) is 0. The first-order valence-corrected chi connectivity index (χ1v) is 7.36. The molecule has 1 unspecified atom stereocenters. The van der Waals surface area contributed by atoms with Gasteiger partial charge in [0.15, 0.2) is 0 Å². The minimum absolute atomic E-state index is 0.583. The highest BCUT2D eigenvalue weighted by Crippen LogP contribution is 2.45. The number of benzene rings is 2. The molecular weight excluding hydrogens is 248 g/mol. The molecule has 20 heavy (non-hydrogen) atoms. The van der Waals surface area contributed by atoms with Crippen LogP contribution in [-0.4, -0.2) is 11.7 Å². The first kappa shape index (κ1) is 12.0. The predicted molar refractivity (Wildman–Crippen MR) is 78.1 cm³/mol. The second kappa shape index (κ2) is 4.64. The Morgan fingerprint density at radius 3 is 2.65 bits per heavy atom. The zero-order valence-corrected chi connectivity index (χ0v) is 11.4. The van der Waals surface area contributed by atoms with E-state index in [-0.39, 0.29) is 0 Å². The van der Waals surface area contributed by atoms with Gasteiger partial charge in [-0.05, 0) is 35.4 Å². The Morgan fingerprint density at radius 2 is 1.80 bits per heavy atom. The van der Waals surface area contributed by atoms with Gasteiger partial charge >= 0.3 is 0 Å². The van der Waals surface area contributed by atoms with E-state index in [0.29, 0.717) is 5.92 Å². The summed E-state index contributed by atoms with van der Waals surface area (Å²) < 4.78 is 5.73. The molecular formula is C18H18O2. The molecule has 4 rings (SSSR count). The van der Waals surface area contributed by atoms with Gasteiger partial charge in [0.25, 0.3) is 0 Å². The highest BCUT2D eigenvalue weighted by Gasteiger charge is 2.29. The van der Waals surface area contributed by atoms with Crippen LogP contribution in [0, 0.1) is 0 Å². The molecule has 0 bridgehead atoms. The molecule has 0 radical (unpaired) electrons.